The summed E-state index contributed by atoms with van der Waals surface area (Å²) < 4.78 is 4.92. The Kier molecular flexibility index (Phi) is 5.08. The monoisotopic (exact) mass is 266 g/mol. The number of aliphatic hydroxyl groups excluding tert-OH is 1. The van der Waals surface area contributed by atoms with Gasteiger partial charge in [0.2, 0.25) is 0 Å². The van der Waals surface area contributed by atoms with E-state index in [1.807, 2.05) is 0 Å². The zero-order chi connectivity index (χ0) is 14.4. The van der Waals surface area contributed by atoms with Crippen LogP contribution < -0.4 is 4.74 Å². The van der Waals surface area contributed by atoms with E-state index >= 15 is 0 Å². The molecule has 1 aromatic carbocycles. The van der Waals surface area contributed by atoms with Crippen LogP contribution in [0.4, 0.5) is 0 Å². The highest BCUT2D eigenvalue weighted by Crippen LogP contribution is 2.32. The summed E-state index contributed by atoms with van der Waals surface area (Å²) in [7, 11) is 1.33. The lowest BCUT2D eigenvalue weighted by Gasteiger charge is -2.10. The van der Waals surface area contributed by atoms with Crippen LogP contribution in [0.2, 0.25) is 0 Å². The molecule has 0 radical (unpaired) electrons. The number of ether oxygens (including phenoxy) is 1. The Morgan fingerprint density at radius 1 is 1.37 bits per heavy atom. The number of carboxylic acids is 1. The third kappa shape index (κ3) is 3.82. The quantitative estimate of drug-likeness (QED) is 0.518. The molecule has 6 heteroatoms. The van der Waals surface area contributed by atoms with Gasteiger partial charge in [-0.25, -0.2) is 4.79 Å². The zero-order valence-electron chi connectivity index (χ0n) is 10.3. The fourth-order valence-electron chi connectivity index (χ4n) is 1.52. The van der Waals surface area contributed by atoms with Crippen LogP contribution in [0.3, 0.4) is 0 Å². The molecular weight excluding hydrogens is 252 g/mol. The van der Waals surface area contributed by atoms with Crippen molar-refractivity contribution < 1.29 is 29.6 Å². The van der Waals surface area contributed by atoms with Gasteiger partial charge in [0.15, 0.2) is 17.3 Å². The minimum atomic E-state index is -1.10. The van der Waals surface area contributed by atoms with Crippen molar-refractivity contribution in [2.24, 2.45) is 0 Å². The molecule has 0 amide bonds. The smallest absolute Gasteiger partial charge is 0.327 e. The number of hydrogen-bond acceptors (Lipinski definition) is 5. The van der Waals surface area contributed by atoms with Crippen molar-refractivity contribution in [3.05, 3.63) is 35.4 Å². The molecule has 0 heterocycles. The SMILES string of the molecule is COc1cc(C(=O)CO)cc(C/C=C/C(=O)O)c1O. The molecular formula is C13H14O6. The number of aliphatic carboxylic acids is 1. The fourth-order valence-corrected chi connectivity index (χ4v) is 1.52. The Morgan fingerprint density at radius 3 is 2.58 bits per heavy atom. The molecule has 1 rings (SSSR count). The number of phenolic OH excluding ortho intramolecular Hbond substituents is 1. The largest absolute Gasteiger partial charge is 0.504 e. The summed E-state index contributed by atoms with van der Waals surface area (Å²) >= 11 is 0. The third-order valence-corrected chi connectivity index (χ3v) is 2.44. The highest BCUT2D eigenvalue weighted by Gasteiger charge is 2.13. The first-order valence-corrected chi connectivity index (χ1v) is 5.43. The van der Waals surface area contributed by atoms with Crippen molar-refractivity contribution in [3.63, 3.8) is 0 Å². The molecule has 6 nitrogen and oxygen atoms in total. The fraction of sp³-hybridized carbons (Fsp3) is 0.231. The van der Waals surface area contributed by atoms with Crippen molar-refractivity contribution >= 4 is 11.8 Å². The van der Waals surface area contributed by atoms with Crippen LogP contribution in [0.5, 0.6) is 11.5 Å². The predicted molar refractivity (Wildman–Crippen MR) is 66.6 cm³/mol. The summed E-state index contributed by atoms with van der Waals surface area (Å²) in [6.07, 6.45) is 2.40. The molecule has 0 aliphatic rings. The number of benzene rings is 1. The van der Waals surface area contributed by atoms with Crippen LogP contribution in [0.1, 0.15) is 15.9 Å². The standard InChI is InChI=1S/C13H14O6/c1-19-11-6-9(10(15)7-14)5-8(13(11)18)3-2-4-12(16)17/h2,4-6,14,18H,3,7H2,1H3,(H,16,17)/b4-2+. The number of aliphatic hydroxyl groups is 1. The summed E-state index contributed by atoms with van der Waals surface area (Å²) in [6, 6.07) is 2.71. The summed E-state index contributed by atoms with van der Waals surface area (Å²) in [5.41, 5.74) is 0.532. The van der Waals surface area contributed by atoms with Gasteiger partial charge < -0.3 is 20.1 Å². The number of aromatic hydroxyl groups is 1. The third-order valence-electron chi connectivity index (χ3n) is 2.44. The van der Waals surface area contributed by atoms with Crippen molar-refractivity contribution in [1.29, 1.82) is 0 Å². The van der Waals surface area contributed by atoms with E-state index in [9.17, 15) is 14.7 Å². The minimum absolute atomic E-state index is 0.0954. The topological polar surface area (TPSA) is 104 Å². The molecule has 19 heavy (non-hydrogen) atoms. The first-order chi connectivity index (χ1) is 8.99. The van der Waals surface area contributed by atoms with E-state index in [4.69, 9.17) is 14.9 Å². The van der Waals surface area contributed by atoms with Gasteiger partial charge in [-0.05, 0) is 18.6 Å². The van der Waals surface area contributed by atoms with Crippen molar-refractivity contribution in [2.45, 2.75) is 6.42 Å². The Hall–Kier alpha value is -2.34. The van der Waals surface area contributed by atoms with Gasteiger partial charge in [-0.3, -0.25) is 4.79 Å². The number of ketones is 1. The average molecular weight is 266 g/mol. The number of methoxy groups -OCH3 is 1. The molecule has 0 aromatic heterocycles. The van der Waals surface area contributed by atoms with Gasteiger partial charge in [0.25, 0.3) is 0 Å². The van der Waals surface area contributed by atoms with E-state index < -0.39 is 18.4 Å². The lowest BCUT2D eigenvalue weighted by Crippen LogP contribution is -2.05. The second kappa shape index (κ2) is 6.55. The van der Waals surface area contributed by atoms with Crippen LogP contribution in [0, 0.1) is 0 Å². The highest BCUT2D eigenvalue weighted by molar-refractivity contribution is 5.97. The van der Waals surface area contributed by atoms with E-state index in [2.05, 4.69) is 0 Å². The maximum absolute atomic E-state index is 11.4. The van der Waals surface area contributed by atoms with E-state index in [0.29, 0.717) is 5.56 Å². The number of rotatable bonds is 6. The first kappa shape index (κ1) is 14.7. The molecule has 0 bridgehead atoms. The van der Waals surface area contributed by atoms with Crippen LogP contribution in [0.25, 0.3) is 0 Å². The van der Waals surface area contributed by atoms with Gasteiger partial charge in [0.1, 0.15) is 6.61 Å². The Morgan fingerprint density at radius 2 is 2.05 bits per heavy atom. The number of carboxylic acid groups (broad SMARTS) is 1. The number of hydrogen-bond donors (Lipinski definition) is 3. The van der Waals surface area contributed by atoms with E-state index in [1.54, 1.807) is 0 Å². The van der Waals surface area contributed by atoms with Crippen molar-refractivity contribution in [3.8, 4) is 11.5 Å². The molecule has 0 saturated heterocycles. The van der Waals surface area contributed by atoms with Crippen LogP contribution in [-0.4, -0.2) is 40.8 Å². The summed E-state index contributed by atoms with van der Waals surface area (Å²) in [5, 5.41) is 27.2. The van der Waals surface area contributed by atoms with Gasteiger partial charge in [-0.2, -0.15) is 0 Å². The molecule has 0 aliphatic heterocycles. The van der Waals surface area contributed by atoms with E-state index in [-0.39, 0.29) is 23.5 Å². The molecule has 0 saturated carbocycles. The van der Waals surface area contributed by atoms with E-state index in [0.717, 1.165) is 6.08 Å². The van der Waals surface area contributed by atoms with Gasteiger partial charge in [0, 0.05) is 17.2 Å². The minimum Gasteiger partial charge on any atom is -0.504 e. The number of Topliss-reactive ketones (excluding diaryl/α,β-unsaturated/α-hetero) is 1. The normalized spacial score (nSPS) is 10.6. The Balaban J connectivity index is 3.14. The van der Waals surface area contributed by atoms with E-state index in [1.165, 1.54) is 25.3 Å². The molecule has 3 N–H and O–H groups in total. The lowest BCUT2D eigenvalue weighted by atomic mass is 10.0. The van der Waals surface area contributed by atoms with Gasteiger partial charge in [-0.1, -0.05) is 6.08 Å². The van der Waals surface area contributed by atoms with Gasteiger partial charge in [-0.15, -0.1) is 0 Å². The second-order valence-corrected chi connectivity index (χ2v) is 3.71. The zero-order valence-corrected chi connectivity index (χ0v) is 10.3. The second-order valence-electron chi connectivity index (χ2n) is 3.71. The molecule has 0 spiro atoms. The summed E-state index contributed by atoms with van der Waals surface area (Å²) in [5.74, 6) is -1.68. The average Bonchev–Trinajstić information content (AvgIpc) is 2.39. The maximum atomic E-state index is 11.4. The maximum Gasteiger partial charge on any atom is 0.327 e. The summed E-state index contributed by atoms with van der Waals surface area (Å²) in [4.78, 5) is 21.8. The van der Waals surface area contributed by atoms with Crippen molar-refractivity contribution in [2.75, 3.05) is 13.7 Å². The Labute approximate surface area is 109 Å². The van der Waals surface area contributed by atoms with Gasteiger partial charge in [0.05, 0.1) is 7.11 Å². The van der Waals surface area contributed by atoms with Gasteiger partial charge >= 0.3 is 5.97 Å². The number of phenols is 1. The molecule has 0 atom stereocenters. The predicted octanol–water partition coefficient (Wildman–Crippen LogP) is 0.759. The molecule has 0 fully saturated rings. The lowest BCUT2D eigenvalue weighted by molar-refractivity contribution is -0.131. The molecule has 0 aliphatic carbocycles. The number of allylic oxidation sites excluding steroid dienone is 1. The number of carbonyl (C=O) groups excluding carboxylic acids is 1. The Bertz CT molecular complexity index is 518. The molecule has 0 unspecified atom stereocenters. The molecule has 102 valence electrons. The number of carbonyl (C=O) groups is 2. The highest BCUT2D eigenvalue weighted by atomic mass is 16.5. The van der Waals surface area contributed by atoms with Crippen LogP contribution in [0.15, 0.2) is 24.3 Å². The van der Waals surface area contributed by atoms with Crippen LogP contribution in [-0.2, 0) is 11.2 Å². The van der Waals surface area contributed by atoms with Crippen LogP contribution >= 0.6 is 0 Å². The molecule has 1 aromatic rings. The van der Waals surface area contributed by atoms with Crippen molar-refractivity contribution in [1.82, 2.24) is 0 Å². The summed E-state index contributed by atoms with van der Waals surface area (Å²) in [6.45, 7) is -0.654. The first-order valence-electron chi connectivity index (χ1n) is 5.43.